The van der Waals surface area contributed by atoms with Crippen LogP contribution < -0.4 is 4.74 Å². The molecule has 4 aromatic carbocycles. The van der Waals surface area contributed by atoms with Crippen molar-refractivity contribution in [2.75, 3.05) is 6.61 Å². The Morgan fingerprint density at radius 3 is 1.69 bits per heavy atom. The predicted molar refractivity (Wildman–Crippen MR) is 149 cm³/mol. The Bertz CT molecular complexity index is 1430. The van der Waals surface area contributed by atoms with Gasteiger partial charge in [-0.15, -0.1) is 0 Å². The lowest BCUT2D eigenvalue weighted by molar-refractivity contribution is 0.317. The minimum atomic E-state index is 0.711. The molecule has 0 saturated carbocycles. The quantitative estimate of drug-likeness (QED) is 0.214. The van der Waals surface area contributed by atoms with Crippen LogP contribution in [0.5, 0.6) is 5.75 Å². The van der Waals surface area contributed by atoms with Crippen LogP contribution in [0.4, 0.5) is 0 Å². The van der Waals surface area contributed by atoms with Crippen LogP contribution in [0, 0.1) is 0 Å². The lowest BCUT2D eigenvalue weighted by atomic mass is 10.0. The summed E-state index contributed by atoms with van der Waals surface area (Å²) in [6, 6.07) is 39.1. The van der Waals surface area contributed by atoms with Gasteiger partial charge in [-0.2, -0.15) is 0 Å². The molecule has 3 nitrogen and oxygen atoms in total. The molecule has 1 aromatic heterocycles. The standard InChI is InChI=1S/C33H28N2O/c1-2-23-36-30-21-19-28(20-22-30)32-24-31(34-33(35-32)29-11-7-4-8-12-29)27-17-15-26(16-18-27)14-13-25-9-5-3-6-10-25/h3-22,24H,2,23H2,1H3/b14-13+. The van der Waals surface area contributed by atoms with Crippen molar-refractivity contribution in [1.29, 1.82) is 0 Å². The second-order valence-electron chi connectivity index (χ2n) is 8.57. The van der Waals surface area contributed by atoms with E-state index in [4.69, 9.17) is 14.7 Å². The summed E-state index contributed by atoms with van der Waals surface area (Å²) >= 11 is 0. The first-order valence-corrected chi connectivity index (χ1v) is 12.3. The number of aromatic nitrogens is 2. The highest BCUT2D eigenvalue weighted by atomic mass is 16.5. The lowest BCUT2D eigenvalue weighted by Gasteiger charge is -2.10. The molecule has 1 heterocycles. The van der Waals surface area contributed by atoms with Crippen LogP contribution in [0.15, 0.2) is 115 Å². The third-order valence-corrected chi connectivity index (χ3v) is 5.86. The molecule has 0 unspecified atom stereocenters. The molecule has 0 bridgehead atoms. The van der Waals surface area contributed by atoms with Gasteiger partial charge >= 0.3 is 0 Å². The Hall–Kier alpha value is -4.50. The molecular weight excluding hydrogens is 440 g/mol. The molecule has 0 N–H and O–H groups in total. The molecule has 0 aliphatic rings. The molecule has 0 radical (unpaired) electrons. The summed E-state index contributed by atoms with van der Waals surface area (Å²) in [7, 11) is 0. The number of ether oxygens (including phenoxy) is 1. The van der Waals surface area contributed by atoms with Gasteiger partial charge in [-0.05, 0) is 47.9 Å². The van der Waals surface area contributed by atoms with Crippen LogP contribution in [-0.4, -0.2) is 16.6 Å². The molecule has 0 atom stereocenters. The van der Waals surface area contributed by atoms with Gasteiger partial charge in [0, 0.05) is 16.7 Å². The number of rotatable bonds is 8. The zero-order valence-electron chi connectivity index (χ0n) is 20.3. The average molecular weight is 469 g/mol. The van der Waals surface area contributed by atoms with Crippen LogP contribution in [0.3, 0.4) is 0 Å². The Morgan fingerprint density at radius 2 is 1.11 bits per heavy atom. The van der Waals surface area contributed by atoms with E-state index in [0.717, 1.165) is 45.8 Å². The van der Waals surface area contributed by atoms with E-state index >= 15 is 0 Å². The maximum Gasteiger partial charge on any atom is 0.160 e. The van der Waals surface area contributed by atoms with E-state index in [0.29, 0.717) is 12.4 Å². The van der Waals surface area contributed by atoms with Gasteiger partial charge in [0.25, 0.3) is 0 Å². The van der Waals surface area contributed by atoms with E-state index in [2.05, 4.69) is 73.7 Å². The van der Waals surface area contributed by atoms with Crippen molar-refractivity contribution in [3.05, 3.63) is 126 Å². The van der Waals surface area contributed by atoms with Crippen LogP contribution in [0.2, 0.25) is 0 Å². The van der Waals surface area contributed by atoms with Gasteiger partial charge in [0.2, 0.25) is 0 Å². The maximum absolute atomic E-state index is 5.75. The molecule has 3 heteroatoms. The molecule has 0 aliphatic heterocycles. The fourth-order valence-corrected chi connectivity index (χ4v) is 3.92. The average Bonchev–Trinajstić information content (AvgIpc) is 2.96. The van der Waals surface area contributed by atoms with Crippen molar-refractivity contribution in [2.45, 2.75) is 13.3 Å². The highest BCUT2D eigenvalue weighted by Gasteiger charge is 2.11. The second-order valence-corrected chi connectivity index (χ2v) is 8.57. The van der Waals surface area contributed by atoms with Gasteiger partial charge in [0.1, 0.15) is 5.75 Å². The summed E-state index contributed by atoms with van der Waals surface area (Å²) in [6.45, 7) is 2.82. The number of benzene rings is 4. The summed E-state index contributed by atoms with van der Waals surface area (Å²) in [5.41, 5.74) is 7.17. The summed E-state index contributed by atoms with van der Waals surface area (Å²) in [4.78, 5) is 9.84. The van der Waals surface area contributed by atoms with Crippen molar-refractivity contribution < 1.29 is 4.74 Å². The first-order valence-electron chi connectivity index (χ1n) is 12.3. The van der Waals surface area contributed by atoms with E-state index in [-0.39, 0.29) is 0 Å². The SMILES string of the molecule is CCCOc1ccc(-c2cc(-c3ccc(/C=C/c4ccccc4)cc3)nc(-c3ccccc3)n2)cc1. The van der Waals surface area contributed by atoms with Gasteiger partial charge in [-0.25, -0.2) is 9.97 Å². The van der Waals surface area contributed by atoms with Crippen molar-refractivity contribution in [3.63, 3.8) is 0 Å². The summed E-state index contributed by atoms with van der Waals surface area (Å²) in [5.74, 6) is 1.58. The van der Waals surface area contributed by atoms with E-state index < -0.39 is 0 Å². The van der Waals surface area contributed by atoms with Crippen molar-refractivity contribution in [2.24, 2.45) is 0 Å². The lowest BCUT2D eigenvalue weighted by Crippen LogP contribution is -1.97. The molecule has 36 heavy (non-hydrogen) atoms. The molecule has 0 saturated heterocycles. The van der Waals surface area contributed by atoms with Crippen LogP contribution in [0.25, 0.3) is 46.1 Å². The van der Waals surface area contributed by atoms with E-state index in [1.165, 1.54) is 5.56 Å². The summed E-state index contributed by atoms with van der Waals surface area (Å²) in [5, 5.41) is 0. The first kappa shape index (κ1) is 23.3. The van der Waals surface area contributed by atoms with Crippen molar-refractivity contribution >= 4 is 12.2 Å². The maximum atomic E-state index is 5.75. The van der Waals surface area contributed by atoms with E-state index in [9.17, 15) is 0 Å². The predicted octanol–water partition coefficient (Wildman–Crippen LogP) is 8.44. The smallest absolute Gasteiger partial charge is 0.160 e. The van der Waals surface area contributed by atoms with Gasteiger partial charge in [-0.1, -0.05) is 104 Å². The Morgan fingerprint density at radius 1 is 0.583 bits per heavy atom. The monoisotopic (exact) mass is 468 g/mol. The van der Waals surface area contributed by atoms with Crippen molar-refractivity contribution in [3.8, 4) is 39.7 Å². The molecule has 0 spiro atoms. The third kappa shape index (κ3) is 5.76. The molecule has 0 aliphatic carbocycles. The second kappa shape index (κ2) is 11.3. The highest BCUT2D eigenvalue weighted by Crippen LogP contribution is 2.29. The van der Waals surface area contributed by atoms with Gasteiger partial charge in [0.15, 0.2) is 5.82 Å². The molecule has 0 amide bonds. The fourth-order valence-electron chi connectivity index (χ4n) is 3.92. The minimum Gasteiger partial charge on any atom is -0.494 e. The molecular formula is C33H28N2O. The Balaban J connectivity index is 1.48. The molecule has 5 rings (SSSR count). The van der Waals surface area contributed by atoms with E-state index in [1.54, 1.807) is 0 Å². The zero-order valence-corrected chi connectivity index (χ0v) is 20.3. The van der Waals surface area contributed by atoms with Gasteiger partial charge < -0.3 is 4.74 Å². The van der Waals surface area contributed by atoms with E-state index in [1.807, 2.05) is 60.7 Å². The van der Waals surface area contributed by atoms with Crippen LogP contribution >= 0.6 is 0 Å². The minimum absolute atomic E-state index is 0.711. The third-order valence-electron chi connectivity index (χ3n) is 5.86. The molecule has 0 fully saturated rings. The molecule has 176 valence electrons. The Kier molecular flexibility index (Phi) is 7.29. The zero-order chi connectivity index (χ0) is 24.6. The summed E-state index contributed by atoms with van der Waals surface area (Å²) in [6.07, 6.45) is 5.24. The van der Waals surface area contributed by atoms with Gasteiger partial charge in [-0.3, -0.25) is 0 Å². The topological polar surface area (TPSA) is 35.0 Å². The molecule has 5 aromatic rings. The summed E-state index contributed by atoms with van der Waals surface area (Å²) < 4.78 is 5.75. The largest absolute Gasteiger partial charge is 0.494 e. The first-order chi connectivity index (χ1) is 17.8. The van der Waals surface area contributed by atoms with Crippen molar-refractivity contribution in [1.82, 2.24) is 9.97 Å². The number of hydrogen-bond acceptors (Lipinski definition) is 3. The highest BCUT2D eigenvalue weighted by molar-refractivity contribution is 5.74. The number of hydrogen-bond donors (Lipinski definition) is 0. The van der Waals surface area contributed by atoms with Crippen LogP contribution in [0.1, 0.15) is 24.5 Å². The fraction of sp³-hybridized carbons (Fsp3) is 0.0909. The van der Waals surface area contributed by atoms with Crippen LogP contribution in [-0.2, 0) is 0 Å². The normalized spacial score (nSPS) is 11.0. The van der Waals surface area contributed by atoms with Gasteiger partial charge in [0.05, 0.1) is 18.0 Å². The Labute approximate surface area is 212 Å². The number of nitrogens with zero attached hydrogens (tertiary/aromatic N) is 2.